The minimum absolute atomic E-state index is 0.169. The molecule has 1 unspecified atom stereocenters. The fourth-order valence-electron chi connectivity index (χ4n) is 1.30. The second-order valence-corrected chi connectivity index (χ2v) is 5.64. The lowest BCUT2D eigenvalue weighted by Crippen LogP contribution is -2.17. The Kier molecular flexibility index (Phi) is 5.20. The summed E-state index contributed by atoms with van der Waals surface area (Å²) in [5, 5.41) is 5.53. The molecule has 0 bridgehead atoms. The Morgan fingerprint density at radius 1 is 1.32 bits per heavy atom. The van der Waals surface area contributed by atoms with Crippen molar-refractivity contribution in [1.29, 1.82) is 0 Å². The molecule has 2 N–H and O–H groups in total. The molecule has 0 heterocycles. The smallest absolute Gasteiger partial charge is 0.315 e. The van der Waals surface area contributed by atoms with Gasteiger partial charge in [0, 0.05) is 0 Å². The topological polar surface area (TPSA) is 98.8 Å². The van der Waals surface area contributed by atoms with Gasteiger partial charge in [-0.15, -0.1) is 4.36 Å². The fraction of sp³-hybridized carbons (Fsp3) is 0.333. The van der Waals surface area contributed by atoms with E-state index in [0.29, 0.717) is 0 Å². The van der Waals surface area contributed by atoms with E-state index < -0.39 is 28.2 Å². The van der Waals surface area contributed by atoms with E-state index in [1.54, 1.807) is 31.2 Å². The van der Waals surface area contributed by atoms with Crippen LogP contribution in [0, 0.1) is 6.92 Å². The molecule has 0 spiro atoms. The SMILES string of the molecule is CCOC(=O)CC(=O)N=S(N)(=O)c1ccc(C)cc1. The molecule has 19 heavy (non-hydrogen) atoms. The van der Waals surface area contributed by atoms with E-state index in [9.17, 15) is 13.8 Å². The van der Waals surface area contributed by atoms with Crippen molar-refractivity contribution in [1.82, 2.24) is 0 Å². The third-order valence-electron chi connectivity index (χ3n) is 2.20. The Balaban J connectivity index is 2.90. The zero-order chi connectivity index (χ0) is 14.5. The Hall–Kier alpha value is -1.73. The van der Waals surface area contributed by atoms with E-state index in [-0.39, 0.29) is 11.5 Å². The molecular formula is C12H16N2O4S. The molecule has 0 aliphatic rings. The summed E-state index contributed by atoms with van der Waals surface area (Å²) < 4.78 is 20.1. The number of rotatable bonds is 4. The van der Waals surface area contributed by atoms with Crippen molar-refractivity contribution < 1.29 is 18.5 Å². The minimum Gasteiger partial charge on any atom is -0.466 e. The van der Waals surface area contributed by atoms with Gasteiger partial charge in [0.2, 0.25) is 0 Å². The van der Waals surface area contributed by atoms with Crippen molar-refractivity contribution in [2.24, 2.45) is 9.50 Å². The maximum absolute atomic E-state index is 12.1. The summed E-state index contributed by atoms with van der Waals surface area (Å²) in [5.74, 6) is -1.57. The summed E-state index contributed by atoms with van der Waals surface area (Å²) in [4.78, 5) is 22.8. The van der Waals surface area contributed by atoms with Gasteiger partial charge in [-0.1, -0.05) is 17.7 Å². The Bertz CT molecular complexity index is 586. The van der Waals surface area contributed by atoms with Crippen molar-refractivity contribution in [3.63, 3.8) is 0 Å². The van der Waals surface area contributed by atoms with Gasteiger partial charge in [0.15, 0.2) is 0 Å². The van der Waals surface area contributed by atoms with Crippen molar-refractivity contribution in [2.45, 2.75) is 25.2 Å². The average Bonchev–Trinajstić information content (AvgIpc) is 2.28. The molecule has 1 atom stereocenters. The highest BCUT2D eigenvalue weighted by Gasteiger charge is 2.14. The summed E-state index contributed by atoms with van der Waals surface area (Å²) in [7, 11) is -3.32. The molecule has 1 aromatic rings. The molecule has 1 rings (SSSR count). The first-order chi connectivity index (χ1) is 8.85. The predicted octanol–water partition coefficient (Wildman–Crippen LogP) is 1.18. The monoisotopic (exact) mass is 284 g/mol. The van der Waals surface area contributed by atoms with E-state index in [1.165, 1.54) is 0 Å². The van der Waals surface area contributed by atoms with Gasteiger partial charge in [-0.05, 0) is 26.0 Å². The number of carbonyl (C=O) groups is 2. The van der Waals surface area contributed by atoms with E-state index >= 15 is 0 Å². The molecule has 7 heteroatoms. The van der Waals surface area contributed by atoms with E-state index in [4.69, 9.17) is 5.14 Å². The molecule has 0 saturated carbocycles. The normalized spacial score (nSPS) is 13.4. The van der Waals surface area contributed by atoms with Crippen LogP contribution < -0.4 is 5.14 Å². The molecule has 104 valence electrons. The van der Waals surface area contributed by atoms with Crippen molar-refractivity contribution in [2.75, 3.05) is 6.61 Å². The predicted molar refractivity (Wildman–Crippen MR) is 70.5 cm³/mol. The van der Waals surface area contributed by atoms with Crippen LogP contribution in [0.5, 0.6) is 0 Å². The molecule has 0 aromatic heterocycles. The van der Waals surface area contributed by atoms with Gasteiger partial charge in [0.1, 0.15) is 16.3 Å². The first kappa shape index (κ1) is 15.3. The van der Waals surface area contributed by atoms with Gasteiger partial charge in [0.05, 0.1) is 11.5 Å². The second-order valence-electron chi connectivity index (χ2n) is 3.85. The lowest BCUT2D eigenvalue weighted by molar-refractivity contribution is -0.145. The number of carbonyl (C=O) groups excluding carboxylic acids is 2. The number of benzene rings is 1. The Morgan fingerprint density at radius 2 is 1.89 bits per heavy atom. The molecule has 0 saturated heterocycles. The molecular weight excluding hydrogens is 268 g/mol. The summed E-state index contributed by atoms with van der Waals surface area (Å²) in [5.41, 5.74) is 0.969. The molecule has 0 aliphatic carbocycles. The summed E-state index contributed by atoms with van der Waals surface area (Å²) in [6.07, 6.45) is -0.562. The number of nitrogens with zero attached hydrogens (tertiary/aromatic N) is 1. The summed E-state index contributed by atoms with van der Waals surface area (Å²) in [6, 6.07) is 6.51. The number of nitrogens with two attached hydrogens (primary N) is 1. The third-order valence-corrected chi connectivity index (χ3v) is 3.62. The second kappa shape index (κ2) is 6.44. The van der Waals surface area contributed by atoms with Gasteiger partial charge < -0.3 is 4.74 Å². The van der Waals surface area contributed by atoms with Gasteiger partial charge in [-0.2, -0.15) is 0 Å². The Labute approximate surface area is 112 Å². The number of hydrogen-bond acceptors (Lipinski definition) is 4. The molecule has 0 radical (unpaired) electrons. The van der Waals surface area contributed by atoms with E-state index in [2.05, 4.69) is 9.10 Å². The van der Waals surface area contributed by atoms with Crippen molar-refractivity contribution in [3.05, 3.63) is 29.8 Å². The summed E-state index contributed by atoms with van der Waals surface area (Å²) in [6.45, 7) is 3.66. The maximum atomic E-state index is 12.1. The van der Waals surface area contributed by atoms with Crippen LogP contribution >= 0.6 is 0 Å². The Morgan fingerprint density at radius 3 is 2.42 bits per heavy atom. The zero-order valence-corrected chi connectivity index (χ0v) is 11.6. The lowest BCUT2D eigenvalue weighted by Gasteiger charge is -2.04. The highest BCUT2D eigenvalue weighted by molar-refractivity contribution is 7.91. The van der Waals surface area contributed by atoms with Crippen LogP contribution in [0.1, 0.15) is 18.9 Å². The van der Waals surface area contributed by atoms with Crippen molar-refractivity contribution >= 4 is 21.8 Å². The molecule has 6 nitrogen and oxygen atoms in total. The van der Waals surface area contributed by atoms with Gasteiger partial charge in [-0.3, -0.25) is 9.59 Å². The maximum Gasteiger partial charge on any atom is 0.315 e. The van der Waals surface area contributed by atoms with Gasteiger partial charge in [0.25, 0.3) is 5.91 Å². The van der Waals surface area contributed by atoms with Crippen LogP contribution in [0.4, 0.5) is 0 Å². The first-order valence-corrected chi connectivity index (χ1v) is 7.23. The molecule has 0 fully saturated rings. The highest BCUT2D eigenvalue weighted by Crippen LogP contribution is 2.10. The number of hydrogen-bond donors (Lipinski definition) is 1. The highest BCUT2D eigenvalue weighted by atomic mass is 32.2. The lowest BCUT2D eigenvalue weighted by atomic mass is 10.2. The number of ether oxygens (including phenoxy) is 1. The standard InChI is InChI=1S/C12H16N2O4S/c1-3-18-12(16)8-11(15)14-19(13,17)10-6-4-9(2)5-7-10/h4-7H,3,8H2,1-2H3,(H2,13,14,15,17). The largest absolute Gasteiger partial charge is 0.466 e. The summed E-state index contributed by atoms with van der Waals surface area (Å²) >= 11 is 0. The molecule has 1 aromatic carbocycles. The van der Waals surface area contributed by atoms with Crippen LogP contribution in [0.25, 0.3) is 0 Å². The van der Waals surface area contributed by atoms with Gasteiger partial charge >= 0.3 is 5.97 Å². The van der Waals surface area contributed by atoms with E-state index in [0.717, 1.165) is 5.56 Å². The number of esters is 1. The van der Waals surface area contributed by atoms with Crippen LogP contribution in [0.15, 0.2) is 33.5 Å². The average molecular weight is 284 g/mol. The minimum atomic E-state index is -3.32. The van der Waals surface area contributed by atoms with Crippen molar-refractivity contribution in [3.8, 4) is 0 Å². The van der Waals surface area contributed by atoms with Gasteiger partial charge in [-0.25, -0.2) is 9.35 Å². The van der Waals surface area contributed by atoms with E-state index in [1.807, 2.05) is 6.92 Å². The number of aryl methyl sites for hydroxylation is 1. The third kappa shape index (κ3) is 4.80. The molecule has 1 amide bonds. The molecule has 0 aliphatic heterocycles. The van der Waals surface area contributed by atoms with Crippen LogP contribution in [-0.2, 0) is 24.2 Å². The zero-order valence-electron chi connectivity index (χ0n) is 10.8. The fourth-order valence-corrected chi connectivity index (χ4v) is 2.30. The van der Waals surface area contributed by atoms with Crippen LogP contribution in [0.2, 0.25) is 0 Å². The first-order valence-electron chi connectivity index (χ1n) is 5.65. The van der Waals surface area contributed by atoms with Crippen LogP contribution in [-0.4, -0.2) is 22.7 Å². The number of amides is 1. The van der Waals surface area contributed by atoms with Crippen LogP contribution in [0.3, 0.4) is 0 Å². The quantitative estimate of drug-likeness (QED) is 0.662.